The normalized spacial score (nSPS) is 14.9. The second-order valence-electron chi connectivity index (χ2n) is 4.48. The number of hydrogen-bond acceptors (Lipinski definition) is 2. The molecule has 2 unspecified atom stereocenters. The Bertz CT molecular complexity index is 341. The highest BCUT2D eigenvalue weighted by atomic mass is 35.5. The van der Waals surface area contributed by atoms with Gasteiger partial charge in [0, 0.05) is 23.7 Å². The summed E-state index contributed by atoms with van der Waals surface area (Å²) in [7, 11) is 4.16. The molecule has 0 aliphatic rings. The van der Waals surface area contributed by atoms with E-state index in [9.17, 15) is 0 Å². The van der Waals surface area contributed by atoms with Crippen LogP contribution in [0, 0.1) is 0 Å². The van der Waals surface area contributed by atoms with Gasteiger partial charge in [0.2, 0.25) is 0 Å². The smallest absolute Gasteiger partial charge is 0.0453 e. The molecule has 0 bridgehead atoms. The van der Waals surface area contributed by atoms with Crippen LogP contribution >= 0.6 is 11.6 Å². The maximum absolute atomic E-state index is 6.25. The van der Waals surface area contributed by atoms with Crippen LogP contribution in [0.1, 0.15) is 31.9 Å². The predicted molar refractivity (Wildman–Crippen MR) is 75.6 cm³/mol. The lowest BCUT2D eigenvalue weighted by molar-refractivity contribution is 0.178. The SMILES string of the molecule is CCC(CNC)N(C)C(C)c1ccccc1Cl. The van der Waals surface area contributed by atoms with Crippen molar-refractivity contribution in [1.29, 1.82) is 0 Å². The van der Waals surface area contributed by atoms with Crippen molar-refractivity contribution in [1.82, 2.24) is 10.2 Å². The lowest BCUT2D eigenvalue weighted by Crippen LogP contribution is -2.40. The molecule has 0 saturated carbocycles. The van der Waals surface area contributed by atoms with Crippen LogP contribution in [-0.4, -0.2) is 31.6 Å². The molecule has 0 heterocycles. The molecule has 2 nitrogen and oxygen atoms in total. The van der Waals surface area contributed by atoms with E-state index in [0.29, 0.717) is 12.1 Å². The minimum atomic E-state index is 0.335. The fourth-order valence-electron chi connectivity index (χ4n) is 2.16. The van der Waals surface area contributed by atoms with E-state index in [4.69, 9.17) is 11.6 Å². The molecule has 1 N–H and O–H groups in total. The van der Waals surface area contributed by atoms with E-state index in [2.05, 4.69) is 37.2 Å². The Morgan fingerprint density at radius 1 is 1.35 bits per heavy atom. The molecule has 1 aromatic carbocycles. The number of benzene rings is 1. The molecule has 1 aromatic rings. The first-order valence-electron chi connectivity index (χ1n) is 6.22. The van der Waals surface area contributed by atoms with Crippen molar-refractivity contribution in [2.24, 2.45) is 0 Å². The number of hydrogen-bond donors (Lipinski definition) is 1. The lowest BCUT2D eigenvalue weighted by atomic mass is 10.0. The number of nitrogens with zero attached hydrogens (tertiary/aromatic N) is 1. The van der Waals surface area contributed by atoms with Crippen LogP contribution in [-0.2, 0) is 0 Å². The van der Waals surface area contributed by atoms with Gasteiger partial charge in [-0.05, 0) is 39.1 Å². The van der Waals surface area contributed by atoms with Gasteiger partial charge in [-0.15, -0.1) is 0 Å². The number of halogens is 1. The molecular formula is C14H23ClN2. The molecule has 96 valence electrons. The summed E-state index contributed by atoms with van der Waals surface area (Å²) >= 11 is 6.25. The van der Waals surface area contributed by atoms with E-state index in [0.717, 1.165) is 18.0 Å². The Morgan fingerprint density at radius 2 is 2.00 bits per heavy atom. The van der Waals surface area contributed by atoms with Crippen LogP contribution in [0.15, 0.2) is 24.3 Å². The zero-order valence-electron chi connectivity index (χ0n) is 11.2. The maximum atomic E-state index is 6.25. The van der Waals surface area contributed by atoms with Crippen molar-refractivity contribution in [2.75, 3.05) is 20.6 Å². The first-order valence-corrected chi connectivity index (χ1v) is 6.60. The van der Waals surface area contributed by atoms with Crippen LogP contribution < -0.4 is 5.32 Å². The summed E-state index contributed by atoms with van der Waals surface area (Å²) in [6.45, 7) is 5.43. The van der Waals surface area contributed by atoms with Crippen molar-refractivity contribution >= 4 is 11.6 Å². The van der Waals surface area contributed by atoms with Crippen LogP contribution in [0.3, 0.4) is 0 Å². The zero-order valence-corrected chi connectivity index (χ0v) is 12.0. The van der Waals surface area contributed by atoms with Crippen LogP contribution in [0.2, 0.25) is 5.02 Å². The van der Waals surface area contributed by atoms with Crippen molar-refractivity contribution in [3.05, 3.63) is 34.9 Å². The van der Waals surface area contributed by atoms with Crippen molar-refractivity contribution in [3.63, 3.8) is 0 Å². The van der Waals surface area contributed by atoms with E-state index in [-0.39, 0.29) is 0 Å². The molecule has 17 heavy (non-hydrogen) atoms. The highest BCUT2D eigenvalue weighted by Gasteiger charge is 2.20. The van der Waals surface area contributed by atoms with Gasteiger partial charge in [-0.1, -0.05) is 36.7 Å². The molecule has 0 radical (unpaired) electrons. The fourth-order valence-corrected chi connectivity index (χ4v) is 2.46. The summed E-state index contributed by atoms with van der Waals surface area (Å²) < 4.78 is 0. The van der Waals surface area contributed by atoms with Gasteiger partial charge in [0.25, 0.3) is 0 Å². The third kappa shape index (κ3) is 3.70. The average Bonchev–Trinajstić information content (AvgIpc) is 2.35. The molecule has 0 aromatic heterocycles. The largest absolute Gasteiger partial charge is 0.318 e. The molecule has 0 saturated heterocycles. The van der Waals surface area contributed by atoms with Crippen LogP contribution in [0.25, 0.3) is 0 Å². The Hall–Kier alpha value is -0.570. The van der Waals surface area contributed by atoms with Gasteiger partial charge >= 0.3 is 0 Å². The number of rotatable bonds is 6. The molecule has 0 aliphatic heterocycles. The highest BCUT2D eigenvalue weighted by molar-refractivity contribution is 6.31. The quantitative estimate of drug-likeness (QED) is 0.838. The summed E-state index contributed by atoms with van der Waals surface area (Å²) in [5.74, 6) is 0. The van der Waals surface area contributed by atoms with Gasteiger partial charge in [-0.3, -0.25) is 4.90 Å². The third-order valence-corrected chi connectivity index (χ3v) is 3.80. The topological polar surface area (TPSA) is 15.3 Å². The van der Waals surface area contributed by atoms with Gasteiger partial charge in [0.15, 0.2) is 0 Å². The van der Waals surface area contributed by atoms with Crippen LogP contribution in [0.5, 0.6) is 0 Å². The van der Waals surface area contributed by atoms with Gasteiger partial charge < -0.3 is 5.32 Å². The van der Waals surface area contributed by atoms with E-state index in [1.54, 1.807) is 0 Å². The average molecular weight is 255 g/mol. The van der Waals surface area contributed by atoms with E-state index >= 15 is 0 Å². The monoisotopic (exact) mass is 254 g/mol. The highest BCUT2D eigenvalue weighted by Crippen LogP contribution is 2.27. The molecular weight excluding hydrogens is 232 g/mol. The van der Waals surface area contributed by atoms with E-state index in [1.807, 2.05) is 25.2 Å². The molecule has 0 amide bonds. The van der Waals surface area contributed by atoms with E-state index < -0.39 is 0 Å². The molecule has 1 rings (SSSR count). The standard InChI is InChI=1S/C14H23ClN2/c1-5-12(10-16-3)17(4)11(2)13-8-6-7-9-14(13)15/h6-9,11-12,16H,5,10H2,1-4H3. The predicted octanol–water partition coefficient (Wildman–Crippen LogP) is 3.33. The number of nitrogens with one attached hydrogen (secondary N) is 1. The third-order valence-electron chi connectivity index (χ3n) is 3.45. The lowest BCUT2D eigenvalue weighted by Gasteiger charge is -2.33. The van der Waals surface area contributed by atoms with Gasteiger partial charge in [-0.25, -0.2) is 0 Å². The first-order chi connectivity index (χ1) is 8.11. The van der Waals surface area contributed by atoms with Gasteiger partial charge in [0.1, 0.15) is 0 Å². The van der Waals surface area contributed by atoms with E-state index in [1.165, 1.54) is 5.56 Å². The summed E-state index contributed by atoms with van der Waals surface area (Å²) in [6.07, 6.45) is 1.13. The molecule has 0 fully saturated rings. The number of likely N-dealkylation sites (N-methyl/N-ethyl adjacent to an activating group) is 2. The summed E-state index contributed by atoms with van der Waals surface area (Å²) in [4.78, 5) is 2.39. The van der Waals surface area contributed by atoms with Crippen LogP contribution in [0.4, 0.5) is 0 Å². The first kappa shape index (κ1) is 14.5. The van der Waals surface area contributed by atoms with Crippen molar-refractivity contribution in [3.8, 4) is 0 Å². The van der Waals surface area contributed by atoms with Gasteiger partial charge in [-0.2, -0.15) is 0 Å². The molecule has 3 heteroatoms. The van der Waals surface area contributed by atoms with Crippen molar-refractivity contribution in [2.45, 2.75) is 32.4 Å². The Kier molecular flexibility index (Phi) is 5.96. The second-order valence-corrected chi connectivity index (χ2v) is 4.89. The summed E-state index contributed by atoms with van der Waals surface area (Å²) in [6, 6.07) is 8.96. The molecule has 0 aliphatic carbocycles. The summed E-state index contributed by atoms with van der Waals surface area (Å²) in [5.41, 5.74) is 1.20. The van der Waals surface area contributed by atoms with Gasteiger partial charge in [0.05, 0.1) is 0 Å². The second kappa shape index (κ2) is 7.00. The molecule has 2 atom stereocenters. The Morgan fingerprint density at radius 3 is 2.53 bits per heavy atom. The minimum Gasteiger partial charge on any atom is -0.318 e. The minimum absolute atomic E-state index is 0.335. The maximum Gasteiger partial charge on any atom is 0.0453 e. The Labute approximate surface area is 110 Å². The summed E-state index contributed by atoms with van der Waals surface area (Å²) in [5, 5.41) is 4.10. The van der Waals surface area contributed by atoms with Crippen molar-refractivity contribution < 1.29 is 0 Å². The fraction of sp³-hybridized carbons (Fsp3) is 0.571. The zero-order chi connectivity index (χ0) is 12.8. The Balaban J connectivity index is 2.81. The molecule has 0 spiro atoms.